The summed E-state index contributed by atoms with van der Waals surface area (Å²) in [5.41, 5.74) is 2.60. The van der Waals surface area contributed by atoms with Crippen LogP contribution >= 0.6 is 23.2 Å². The molecule has 0 unspecified atom stereocenters. The van der Waals surface area contributed by atoms with Gasteiger partial charge in [-0.15, -0.1) is 0 Å². The second-order valence-electron chi connectivity index (χ2n) is 14.0. The van der Waals surface area contributed by atoms with E-state index in [0.29, 0.717) is 44.7 Å². The first kappa shape index (κ1) is 41.4. The molecule has 12 nitrogen and oxygen atoms in total. The first-order valence-electron chi connectivity index (χ1n) is 17.2. The predicted molar refractivity (Wildman–Crippen MR) is 201 cm³/mol. The highest BCUT2D eigenvalue weighted by Gasteiger charge is 2.38. The Kier molecular flexibility index (Phi) is 12.1. The topological polar surface area (TPSA) is 151 Å². The van der Waals surface area contributed by atoms with Gasteiger partial charge < -0.3 is 5.73 Å². The normalized spacial score (nSPS) is 14.5. The average Bonchev–Trinajstić information content (AvgIpc) is 3.47. The first-order valence-corrected chi connectivity index (χ1v) is 21.1. The molecule has 0 fully saturated rings. The number of nitrogen functional groups attached to an aromatic ring is 1. The Morgan fingerprint density at radius 2 is 1.00 bits per heavy atom. The molecule has 2 aromatic carbocycles. The molecule has 0 radical (unpaired) electrons. The fraction of sp³-hybridized carbons (Fsp3) is 0.471. The summed E-state index contributed by atoms with van der Waals surface area (Å²) < 4.78 is 116. The largest absolute Gasteiger partial charge is 0.396 e. The molecule has 2 aliphatic rings. The summed E-state index contributed by atoms with van der Waals surface area (Å²) >= 11 is 12.6. The van der Waals surface area contributed by atoms with Crippen molar-refractivity contribution in [1.29, 1.82) is 0 Å². The highest BCUT2D eigenvalue weighted by atomic mass is 35.5. The van der Waals surface area contributed by atoms with Crippen molar-refractivity contribution in [2.24, 2.45) is 11.8 Å². The van der Waals surface area contributed by atoms with Crippen molar-refractivity contribution < 1.29 is 34.4 Å². The number of halogens is 6. The first-order chi connectivity index (χ1) is 25.2. The molecule has 0 spiro atoms. The summed E-state index contributed by atoms with van der Waals surface area (Å²) in [6.45, 7) is 8.21. The van der Waals surface area contributed by atoms with E-state index in [9.17, 15) is 39.6 Å². The summed E-state index contributed by atoms with van der Waals surface area (Å²) in [4.78, 5) is 25.3. The van der Waals surface area contributed by atoms with Crippen LogP contribution < -0.4 is 20.6 Å². The van der Waals surface area contributed by atoms with E-state index in [1.54, 1.807) is 32.4 Å². The van der Waals surface area contributed by atoms with Crippen LogP contribution in [0.1, 0.15) is 53.4 Å². The van der Waals surface area contributed by atoms with Crippen LogP contribution in [0.4, 0.5) is 28.9 Å². The Labute approximate surface area is 319 Å². The number of aromatic nitrogens is 4. The highest BCUT2D eigenvalue weighted by molar-refractivity contribution is 8.10. The number of hydrogen-bond donors (Lipinski definition) is 1. The molecule has 0 aliphatic carbocycles. The molecule has 4 aromatic rings. The Morgan fingerprint density at radius 1 is 0.630 bits per heavy atom. The van der Waals surface area contributed by atoms with Gasteiger partial charge in [0.05, 0.1) is 28.3 Å². The summed E-state index contributed by atoms with van der Waals surface area (Å²) in [5, 5.41) is 0.0855. The molecule has 0 atom stereocenters. The second-order valence-corrected chi connectivity index (χ2v) is 18.7. The van der Waals surface area contributed by atoms with Crippen molar-refractivity contribution in [3.63, 3.8) is 0 Å². The van der Waals surface area contributed by atoms with Crippen LogP contribution in [-0.2, 0) is 46.2 Å². The lowest BCUT2D eigenvalue weighted by molar-refractivity contribution is 0.356. The van der Waals surface area contributed by atoms with Crippen LogP contribution in [0.15, 0.2) is 33.9 Å². The minimum atomic E-state index is -4.57. The van der Waals surface area contributed by atoms with Crippen LogP contribution in [0.5, 0.6) is 0 Å². The van der Waals surface area contributed by atoms with Crippen LogP contribution in [0.25, 0.3) is 22.3 Å². The zero-order valence-corrected chi connectivity index (χ0v) is 33.0. The molecular weight excluding hydrogens is 799 g/mol. The molecule has 54 heavy (non-hydrogen) atoms. The minimum Gasteiger partial charge on any atom is -0.396 e. The molecule has 2 N–H and O–H groups in total. The van der Waals surface area contributed by atoms with Gasteiger partial charge in [0.15, 0.2) is 5.82 Å². The zero-order chi connectivity index (χ0) is 40.0. The van der Waals surface area contributed by atoms with E-state index in [1.807, 2.05) is 0 Å². The van der Waals surface area contributed by atoms with Gasteiger partial charge in [0.25, 0.3) is 11.1 Å². The number of fused-ring (bicyclic) bond motifs is 2. The van der Waals surface area contributed by atoms with Crippen molar-refractivity contribution in [1.82, 2.24) is 18.7 Å². The van der Waals surface area contributed by atoms with E-state index in [2.05, 4.69) is 0 Å². The van der Waals surface area contributed by atoms with Gasteiger partial charge in [-0.05, 0) is 49.7 Å². The minimum absolute atomic E-state index is 0.0396. The molecular formula is C34H40Cl2F4N6O6S2. The van der Waals surface area contributed by atoms with Gasteiger partial charge in [-0.2, -0.15) is 3.71 Å². The smallest absolute Gasteiger partial charge is 0.276 e. The second kappa shape index (κ2) is 15.8. The van der Waals surface area contributed by atoms with Crippen LogP contribution in [-0.4, -0.2) is 47.1 Å². The monoisotopic (exact) mass is 838 g/mol. The summed E-state index contributed by atoms with van der Waals surface area (Å²) in [5.74, 6) is -6.36. The Morgan fingerprint density at radius 3 is 1.39 bits per heavy atom. The van der Waals surface area contributed by atoms with E-state index in [1.165, 1.54) is 14.0 Å². The molecule has 0 saturated heterocycles. The Bertz CT molecular complexity index is 2400. The molecule has 0 amide bonds. The fourth-order valence-corrected chi connectivity index (χ4v) is 11.9. The summed E-state index contributed by atoms with van der Waals surface area (Å²) in [6.07, 6.45) is 3.24. The third kappa shape index (κ3) is 7.97. The van der Waals surface area contributed by atoms with Crippen molar-refractivity contribution in [3.8, 4) is 22.3 Å². The van der Waals surface area contributed by atoms with E-state index >= 15 is 4.39 Å². The average molecular weight is 840 g/mol. The van der Waals surface area contributed by atoms with Crippen molar-refractivity contribution in [3.05, 3.63) is 78.5 Å². The molecule has 6 rings (SSSR count). The number of anilines is 2. The predicted octanol–water partition coefficient (Wildman–Crippen LogP) is 6.44. The Balaban J connectivity index is 0.000000237. The SMILES string of the molecule is CC(C)CS(=O)(=O)N(c1cc(-c2c(Cl)n3n(c2=O)CCCC3)c(F)cc1F)S(=O)(=O)CC(C)C.Nc1cc(-c2c(Cl)n3n(c2=O)CCCC3)c(F)cc1F. The molecule has 0 bridgehead atoms. The molecule has 2 aromatic heterocycles. The maximum Gasteiger partial charge on any atom is 0.276 e. The number of nitrogens with zero attached hydrogens (tertiary/aromatic N) is 5. The third-order valence-electron chi connectivity index (χ3n) is 8.78. The quantitative estimate of drug-likeness (QED) is 0.151. The number of nitrogens with two attached hydrogens (primary N) is 1. The van der Waals surface area contributed by atoms with Crippen molar-refractivity contribution in [2.45, 2.75) is 79.6 Å². The maximum atomic E-state index is 15.0. The number of rotatable bonds is 9. The molecule has 4 heterocycles. The van der Waals surface area contributed by atoms with E-state index in [-0.39, 0.29) is 42.0 Å². The summed E-state index contributed by atoms with van der Waals surface area (Å²) in [6, 6.07) is 2.90. The van der Waals surface area contributed by atoms with Gasteiger partial charge in [0.2, 0.25) is 20.0 Å². The lowest BCUT2D eigenvalue weighted by Crippen LogP contribution is -2.42. The number of benzene rings is 2. The zero-order valence-electron chi connectivity index (χ0n) is 29.9. The standard InChI is InChI=1S/C21H28ClF2N3O5S2.C13H12ClF2N3O/c1-13(2)11-33(29,30)27(34(31,32)12-14(3)4)18-9-15(16(23)10-17(18)24)19-20(22)25-7-5-6-8-26(25)21(19)28;14-12-11(7-5-10(17)9(16)6-8(7)15)13(20)19-4-2-1-3-18(12)19/h9-10,13-14H,5-8,11-12H2,1-4H3;5-6H,1-4,17H2. The van der Waals surface area contributed by atoms with Gasteiger partial charge in [0.1, 0.15) is 33.4 Å². The number of sulfonamides is 2. The van der Waals surface area contributed by atoms with Gasteiger partial charge in [-0.1, -0.05) is 50.9 Å². The summed E-state index contributed by atoms with van der Waals surface area (Å²) in [7, 11) is -9.15. The van der Waals surface area contributed by atoms with Gasteiger partial charge in [0, 0.05) is 49.4 Å². The number of hydrogen-bond acceptors (Lipinski definition) is 7. The molecule has 0 saturated carbocycles. The van der Waals surface area contributed by atoms with Crippen LogP contribution in [0.3, 0.4) is 0 Å². The van der Waals surface area contributed by atoms with Gasteiger partial charge in [-0.3, -0.25) is 19.0 Å². The van der Waals surface area contributed by atoms with E-state index in [0.717, 1.165) is 31.4 Å². The van der Waals surface area contributed by atoms with Crippen LogP contribution in [0, 0.1) is 35.1 Å². The van der Waals surface area contributed by atoms with Crippen LogP contribution in [0.2, 0.25) is 10.3 Å². The lowest BCUT2D eigenvalue weighted by atomic mass is 10.1. The maximum absolute atomic E-state index is 15.0. The molecule has 20 heteroatoms. The fourth-order valence-electron chi connectivity index (χ4n) is 6.58. The highest BCUT2D eigenvalue weighted by Crippen LogP contribution is 2.37. The van der Waals surface area contributed by atoms with Crippen molar-refractivity contribution >= 4 is 54.6 Å². The van der Waals surface area contributed by atoms with Gasteiger partial charge >= 0.3 is 0 Å². The molecule has 296 valence electrons. The third-order valence-corrected chi connectivity index (χ3v) is 14.5. The van der Waals surface area contributed by atoms with Gasteiger partial charge in [-0.25, -0.2) is 43.8 Å². The van der Waals surface area contributed by atoms with E-state index < -0.39 is 83.5 Å². The lowest BCUT2D eigenvalue weighted by Gasteiger charge is -2.26. The van der Waals surface area contributed by atoms with Crippen molar-refractivity contribution in [2.75, 3.05) is 20.9 Å². The molecule has 2 aliphatic heterocycles. The Hall–Kier alpha value is -3.74. The van der Waals surface area contributed by atoms with E-state index in [4.69, 9.17) is 28.9 Å².